The van der Waals surface area contributed by atoms with Crippen molar-refractivity contribution in [3.05, 3.63) is 29.6 Å². The van der Waals surface area contributed by atoms with E-state index in [1.807, 2.05) is 6.26 Å². The quantitative estimate of drug-likeness (QED) is 0.684. The summed E-state index contributed by atoms with van der Waals surface area (Å²) in [7, 11) is -3.64. The molecule has 1 aromatic carbocycles. The Labute approximate surface area is 123 Å². The number of benzene rings is 1. The number of aliphatic hydroxyl groups is 1. The Balaban J connectivity index is 2.56. The molecule has 0 aliphatic heterocycles. The highest BCUT2D eigenvalue weighted by Gasteiger charge is 2.15. The third kappa shape index (κ3) is 5.40. The summed E-state index contributed by atoms with van der Waals surface area (Å²) >= 11 is 1.77. The van der Waals surface area contributed by atoms with E-state index < -0.39 is 22.4 Å². The highest BCUT2D eigenvalue weighted by molar-refractivity contribution is 7.98. The van der Waals surface area contributed by atoms with E-state index in [1.165, 1.54) is 6.07 Å². The lowest BCUT2D eigenvalue weighted by Crippen LogP contribution is -2.25. The second kappa shape index (κ2) is 8.61. The van der Waals surface area contributed by atoms with E-state index in [0.717, 1.165) is 37.1 Å². The van der Waals surface area contributed by atoms with Gasteiger partial charge in [-0.2, -0.15) is 11.8 Å². The highest BCUT2D eigenvalue weighted by atomic mass is 32.2. The van der Waals surface area contributed by atoms with Gasteiger partial charge >= 0.3 is 0 Å². The van der Waals surface area contributed by atoms with E-state index >= 15 is 0 Å². The molecule has 114 valence electrons. The minimum Gasteiger partial charge on any atom is -0.392 e. The molecule has 0 radical (unpaired) electrons. The molecule has 0 bridgehead atoms. The number of hydrogen-bond acceptors (Lipinski definition) is 4. The van der Waals surface area contributed by atoms with Gasteiger partial charge in [-0.05, 0) is 43.0 Å². The normalized spacial score (nSPS) is 11.8. The monoisotopic (exact) mass is 321 g/mol. The van der Waals surface area contributed by atoms with Gasteiger partial charge in [0.2, 0.25) is 10.0 Å². The van der Waals surface area contributed by atoms with Crippen molar-refractivity contribution in [1.29, 1.82) is 0 Å². The molecule has 0 fully saturated rings. The average Bonchev–Trinajstić information content (AvgIpc) is 2.43. The van der Waals surface area contributed by atoms with Crippen LogP contribution in [0.1, 0.15) is 24.8 Å². The van der Waals surface area contributed by atoms with E-state index in [0.29, 0.717) is 6.54 Å². The molecule has 0 amide bonds. The first-order valence-electron chi connectivity index (χ1n) is 6.39. The van der Waals surface area contributed by atoms with Gasteiger partial charge in [0.1, 0.15) is 5.82 Å². The van der Waals surface area contributed by atoms with E-state index in [9.17, 15) is 12.8 Å². The summed E-state index contributed by atoms with van der Waals surface area (Å²) in [5.41, 5.74) is -0.0205. The molecule has 0 aromatic heterocycles. The third-order valence-corrected chi connectivity index (χ3v) is 4.97. The van der Waals surface area contributed by atoms with Gasteiger partial charge in [-0.3, -0.25) is 0 Å². The standard InChI is InChI=1S/C13H20FNO3S2/c1-19-8-4-2-3-7-15-20(17,18)12-5-6-13(14)11(9-12)10-16/h5-6,9,15-16H,2-4,7-8,10H2,1H3. The Hall–Kier alpha value is -0.630. The summed E-state index contributed by atoms with van der Waals surface area (Å²) in [5, 5.41) is 8.95. The molecule has 0 saturated heterocycles. The van der Waals surface area contributed by atoms with Crippen LogP contribution in [0.15, 0.2) is 23.1 Å². The fraction of sp³-hybridized carbons (Fsp3) is 0.538. The molecule has 0 spiro atoms. The van der Waals surface area contributed by atoms with Crippen LogP contribution in [-0.2, 0) is 16.6 Å². The van der Waals surface area contributed by atoms with Gasteiger partial charge in [-0.1, -0.05) is 6.42 Å². The molecular weight excluding hydrogens is 301 g/mol. The van der Waals surface area contributed by atoms with E-state index in [-0.39, 0.29) is 10.5 Å². The lowest BCUT2D eigenvalue weighted by molar-refractivity contribution is 0.275. The molecule has 4 nitrogen and oxygen atoms in total. The first kappa shape index (κ1) is 17.4. The maximum absolute atomic E-state index is 13.2. The van der Waals surface area contributed by atoms with E-state index in [2.05, 4.69) is 4.72 Å². The molecule has 1 aromatic rings. The summed E-state index contributed by atoms with van der Waals surface area (Å²) in [4.78, 5) is -0.0212. The highest BCUT2D eigenvalue weighted by Crippen LogP contribution is 2.15. The minimum absolute atomic E-state index is 0.0205. The van der Waals surface area contributed by atoms with Gasteiger partial charge in [0.05, 0.1) is 11.5 Å². The molecule has 20 heavy (non-hydrogen) atoms. The van der Waals surface area contributed by atoms with Crippen molar-refractivity contribution >= 4 is 21.8 Å². The van der Waals surface area contributed by atoms with Crippen molar-refractivity contribution in [3.8, 4) is 0 Å². The van der Waals surface area contributed by atoms with Crippen LogP contribution in [0.5, 0.6) is 0 Å². The van der Waals surface area contributed by atoms with E-state index in [1.54, 1.807) is 11.8 Å². The lowest BCUT2D eigenvalue weighted by Gasteiger charge is -2.08. The summed E-state index contributed by atoms with van der Waals surface area (Å²) in [6, 6.07) is 3.41. The zero-order valence-electron chi connectivity index (χ0n) is 11.4. The van der Waals surface area contributed by atoms with Crippen LogP contribution in [0.2, 0.25) is 0 Å². The zero-order chi connectivity index (χ0) is 15.0. The number of sulfonamides is 1. The van der Waals surface area contributed by atoms with Gasteiger partial charge < -0.3 is 5.11 Å². The van der Waals surface area contributed by atoms with Crippen molar-refractivity contribution in [1.82, 2.24) is 4.72 Å². The largest absolute Gasteiger partial charge is 0.392 e. The molecule has 0 unspecified atom stereocenters. The zero-order valence-corrected chi connectivity index (χ0v) is 13.1. The maximum atomic E-state index is 13.2. The Bertz CT molecular complexity index is 520. The first-order valence-corrected chi connectivity index (χ1v) is 9.27. The molecular formula is C13H20FNO3S2. The molecule has 0 aliphatic carbocycles. The Morgan fingerprint density at radius 2 is 2.05 bits per heavy atom. The average molecular weight is 321 g/mol. The van der Waals surface area contributed by atoms with Gasteiger partial charge in [-0.15, -0.1) is 0 Å². The minimum atomic E-state index is -3.64. The number of unbranched alkanes of at least 4 members (excludes halogenated alkanes) is 2. The molecule has 0 atom stereocenters. The molecule has 2 N–H and O–H groups in total. The summed E-state index contributed by atoms with van der Waals surface area (Å²) in [5.74, 6) is 0.466. The van der Waals surface area contributed by atoms with Crippen LogP contribution in [0.3, 0.4) is 0 Å². The SMILES string of the molecule is CSCCCCCNS(=O)(=O)c1ccc(F)c(CO)c1. The Morgan fingerprint density at radius 1 is 1.30 bits per heavy atom. The number of hydrogen-bond donors (Lipinski definition) is 2. The number of thioether (sulfide) groups is 1. The third-order valence-electron chi connectivity index (χ3n) is 2.82. The molecule has 0 saturated carbocycles. The second-order valence-electron chi connectivity index (χ2n) is 4.36. The van der Waals surface area contributed by atoms with Crippen LogP contribution >= 0.6 is 11.8 Å². The Morgan fingerprint density at radius 3 is 2.70 bits per heavy atom. The van der Waals surface area contributed by atoms with Crippen molar-refractivity contribution in [3.63, 3.8) is 0 Å². The smallest absolute Gasteiger partial charge is 0.240 e. The number of halogens is 1. The van der Waals surface area contributed by atoms with Crippen LogP contribution in [-0.4, -0.2) is 32.1 Å². The molecule has 0 heterocycles. The summed E-state index contributed by atoms with van der Waals surface area (Å²) in [6.45, 7) is -0.160. The van der Waals surface area contributed by atoms with Gasteiger partial charge in [0.25, 0.3) is 0 Å². The van der Waals surface area contributed by atoms with Crippen molar-refractivity contribution in [2.75, 3.05) is 18.6 Å². The first-order chi connectivity index (χ1) is 9.51. The molecule has 7 heteroatoms. The van der Waals surface area contributed by atoms with Gasteiger partial charge in [-0.25, -0.2) is 17.5 Å². The fourth-order valence-corrected chi connectivity index (χ4v) is 3.29. The summed E-state index contributed by atoms with van der Waals surface area (Å²) in [6.07, 6.45) is 4.84. The van der Waals surface area contributed by atoms with Crippen molar-refractivity contribution < 1.29 is 17.9 Å². The fourth-order valence-electron chi connectivity index (χ4n) is 1.68. The van der Waals surface area contributed by atoms with Crippen LogP contribution < -0.4 is 4.72 Å². The number of rotatable bonds is 9. The van der Waals surface area contributed by atoms with Crippen molar-refractivity contribution in [2.45, 2.75) is 30.8 Å². The van der Waals surface area contributed by atoms with Gasteiger partial charge in [0.15, 0.2) is 0 Å². The van der Waals surface area contributed by atoms with Crippen LogP contribution in [0, 0.1) is 5.82 Å². The Kier molecular flexibility index (Phi) is 7.50. The van der Waals surface area contributed by atoms with Crippen molar-refractivity contribution in [2.24, 2.45) is 0 Å². The maximum Gasteiger partial charge on any atom is 0.240 e. The van der Waals surface area contributed by atoms with E-state index in [4.69, 9.17) is 5.11 Å². The van der Waals surface area contributed by atoms with Crippen LogP contribution in [0.4, 0.5) is 4.39 Å². The van der Waals surface area contributed by atoms with Gasteiger partial charge in [0, 0.05) is 12.1 Å². The summed E-state index contributed by atoms with van der Waals surface area (Å²) < 4.78 is 39.7. The van der Waals surface area contributed by atoms with Crippen LogP contribution in [0.25, 0.3) is 0 Å². The number of aliphatic hydroxyl groups excluding tert-OH is 1. The molecule has 1 rings (SSSR count). The predicted octanol–water partition coefficient (Wildman–Crippen LogP) is 2.13. The lowest BCUT2D eigenvalue weighted by atomic mass is 10.2. The predicted molar refractivity (Wildman–Crippen MR) is 79.7 cm³/mol. The topological polar surface area (TPSA) is 66.4 Å². The molecule has 0 aliphatic rings. The number of nitrogens with one attached hydrogen (secondary N) is 1. The second-order valence-corrected chi connectivity index (χ2v) is 7.12.